The van der Waals surface area contributed by atoms with Crippen molar-refractivity contribution in [3.63, 3.8) is 0 Å². The molecule has 1 atom stereocenters. The zero-order chi connectivity index (χ0) is 41.8. The van der Waals surface area contributed by atoms with Crippen LogP contribution in [0.15, 0.2) is 248 Å². The summed E-state index contributed by atoms with van der Waals surface area (Å²) in [5.41, 5.74) is 14.8. The van der Waals surface area contributed by atoms with Crippen LogP contribution in [0, 0.1) is 0 Å². The molecule has 6 rings (SSSR count). The fourth-order valence-electron chi connectivity index (χ4n) is 7.05. The van der Waals surface area contributed by atoms with Gasteiger partial charge in [0.1, 0.15) is 0 Å². The minimum absolute atomic E-state index is 0.321. The van der Waals surface area contributed by atoms with Gasteiger partial charge in [-0.15, -0.1) is 0 Å². The van der Waals surface area contributed by atoms with E-state index in [0.29, 0.717) is 5.92 Å². The number of nitrogens with zero attached hydrogens (tertiary/aromatic N) is 1. The van der Waals surface area contributed by atoms with Crippen LogP contribution >= 0.6 is 0 Å². The van der Waals surface area contributed by atoms with E-state index in [2.05, 4.69) is 233 Å². The number of benzene rings is 6. The predicted molar refractivity (Wildman–Crippen MR) is 260 cm³/mol. The summed E-state index contributed by atoms with van der Waals surface area (Å²) in [5.74, 6) is 0.321. The second kappa shape index (κ2) is 22.9. The van der Waals surface area contributed by atoms with Crippen LogP contribution in [0.2, 0.25) is 0 Å². The Balaban J connectivity index is 0.00000326. The maximum atomic E-state index is 4.62. The van der Waals surface area contributed by atoms with Crippen LogP contribution in [-0.2, 0) is 0 Å². The van der Waals surface area contributed by atoms with Crippen LogP contribution < -0.4 is 4.90 Å². The second-order valence-electron chi connectivity index (χ2n) is 14.5. The lowest BCUT2D eigenvalue weighted by Crippen LogP contribution is -2.14. The predicted octanol–water partition coefficient (Wildman–Crippen LogP) is 17.1. The molecule has 6 aromatic carbocycles. The van der Waals surface area contributed by atoms with Crippen LogP contribution in [0.3, 0.4) is 0 Å². The van der Waals surface area contributed by atoms with Gasteiger partial charge in [0.05, 0.1) is 0 Å². The van der Waals surface area contributed by atoms with E-state index in [9.17, 15) is 0 Å². The van der Waals surface area contributed by atoms with E-state index >= 15 is 0 Å². The first-order chi connectivity index (χ1) is 28.9. The Hall–Kier alpha value is -6.70. The van der Waals surface area contributed by atoms with E-state index in [4.69, 9.17) is 0 Å². The second-order valence-corrected chi connectivity index (χ2v) is 14.5. The first kappa shape index (κ1) is 43.4. The highest BCUT2D eigenvalue weighted by Crippen LogP contribution is 2.34. The fourth-order valence-corrected chi connectivity index (χ4v) is 7.05. The molecular weight excluding hydrogens is 711 g/mol. The minimum Gasteiger partial charge on any atom is -0.311 e. The molecule has 0 spiro atoms. The summed E-state index contributed by atoms with van der Waals surface area (Å²) in [6.07, 6.45) is 19.4. The SMILES string of the molecule is C=C/C=C(\C=C/C(=C)N(c1ccc(-c2ccccc2)cc1)c1ccc(-c2ccccc2)cc1)C(/C=C(C)C)=C/C=CC(CCC)c1ccc(-c2ccccc2)cc1.CC. The highest BCUT2D eigenvalue weighted by molar-refractivity contribution is 5.76. The molecule has 296 valence electrons. The van der Waals surface area contributed by atoms with E-state index in [-0.39, 0.29) is 0 Å². The van der Waals surface area contributed by atoms with Gasteiger partial charge >= 0.3 is 0 Å². The molecular formula is C58H59N. The number of hydrogen-bond donors (Lipinski definition) is 0. The van der Waals surface area contributed by atoms with Gasteiger partial charge in [0, 0.05) is 23.0 Å². The number of allylic oxidation sites excluding steroid dienone is 11. The first-order valence-electron chi connectivity index (χ1n) is 20.9. The van der Waals surface area contributed by atoms with Crippen LogP contribution in [0.5, 0.6) is 0 Å². The average molecular weight is 770 g/mol. The maximum Gasteiger partial charge on any atom is 0.0461 e. The van der Waals surface area contributed by atoms with Crippen LogP contribution in [0.25, 0.3) is 33.4 Å². The summed E-state index contributed by atoms with van der Waals surface area (Å²) in [7, 11) is 0. The molecule has 0 saturated heterocycles. The molecule has 0 saturated carbocycles. The van der Waals surface area contributed by atoms with Gasteiger partial charge in [-0.25, -0.2) is 0 Å². The van der Waals surface area contributed by atoms with Gasteiger partial charge < -0.3 is 4.90 Å². The molecule has 0 heterocycles. The van der Waals surface area contributed by atoms with Crippen molar-refractivity contribution >= 4 is 11.4 Å². The molecule has 1 heteroatoms. The van der Waals surface area contributed by atoms with Gasteiger partial charge in [-0.3, -0.25) is 0 Å². The van der Waals surface area contributed by atoms with Gasteiger partial charge in [-0.05, 0) is 101 Å². The van der Waals surface area contributed by atoms with Crippen molar-refractivity contribution in [2.75, 3.05) is 4.90 Å². The molecule has 0 bridgehead atoms. The Morgan fingerprint density at radius 3 is 1.37 bits per heavy atom. The van der Waals surface area contributed by atoms with E-state index < -0.39 is 0 Å². The van der Waals surface area contributed by atoms with Gasteiger partial charge in [0.25, 0.3) is 0 Å². The normalized spacial score (nSPS) is 12.1. The highest BCUT2D eigenvalue weighted by Gasteiger charge is 2.14. The summed E-state index contributed by atoms with van der Waals surface area (Å²) in [6, 6.07) is 58.0. The summed E-state index contributed by atoms with van der Waals surface area (Å²) in [5, 5.41) is 0. The monoisotopic (exact) mass is 769 g/mol. The molecule has 6 aromatic rings. The highest BCUT2D eigenvalue weighted by atomic mass is 15.1. The number of hydrogen-bond acceptors (Lipinski definition) is 1. The minimum atomic E-state index is 0.321. The van der Waals surface area contributed by atoms with Crippen molar-refractivity contribution in [3.8, 4) is 33.4 Å². The van der Waals surface area contributed by atoms with Crippen LogP contribution in [0.1, 0.15) is 58.9 Å². The average Bonchev–Trinajstić information content (AvgIpc) is 3.29. The first-order valence-corrected chi connectivity index (χ1v) is 20.9. The van der Waals surface area contributed by atoms with E-state index in [1.807, 2.05) is 32.1 Å². The third kappa shape index (κ3) is 12.4. The lowest BCUT2D eigenvalue weighted by atomic mass is 9.92. The summed E-state index contributed by atoms with van der Waals surface area (Å²) in [6.45, 7) is 19.2. The largest absolute Gasteiger partial charge is 0.311 e. The lowest BCUT2D eigenvalue weighted by Gasteiger charge is -2.26. The number of rotatable bonds is 16. The summed E-state index contributed by atoms with van der Waals surface area (Å²) >= 11 is 0. The van der Waals surface area contributed by atoms with Gasteiger partial charge in [0.15, 0.2) is 0 Å². The lowest BCUT2D eigenvalue weighted by molar-refractivity contribution is 0.717. The van der Waals surface area contributed by atoms with Crippen LogP contribution in [-0.4, -0.2) is 0 Å². The molecule has 0 amide bonds. The zero-order valence-electron chi connectivity index (χ0n) is 35.6. The summed E-state index contributed by atoms with van der Waals surface area (Å²) in [4.78, 5) is 2.22. The quantitative estimate of drug-likeness (QED) is 0.0886. The summed E-state index contributed by atoms with van der Waals surface area (Å²) < 4.78 is 0. The van der Waals surface area contributed by atoms with E-state index in [1.54, 1.807) is 0 Å². The molecule has 0 radical (unpaired) electrons. The molecule has 0 aromatic heterocycles. The maximum absolute atomic E-state index is 4.62. The molecule has 0 fully saturated rings. The number of anilines is 2. The van der Waals surface area contributed by atoms with Gasteiger partial charge in [-0.1, -0.05) is 228 Å². The zero-order valence-corrected chi connectivity index (χ0v) is 35.6. The Kier molecular flexibility index (Phi) is 16.8. The third-order valence-corrected chi connectivity index (χ3v) is 9.95. The van der Waals surface area contributed by atoms with Crippen molar-refractivity contribution < 1.29 is 0 Å². The standard InChI is InChI=1S/C56H53N.C2H6/c1-6-18-45(50-30-32-51(33-31-50)47-20-11-8-12-21-47)26-17-27-54(42-43(3)4)46(19-7-2)29-28-44(5)57(55-38-34-52(35-39-55)48-22-13-9-14-23-48)56-40-36-53(37-41-56)49-24-15-10-16-25-49;1-2/h7-17,19-42,45H,2,5-6,18H2,1,3-4H3;1-2H3/b26-17?,29-28-,46-19+,54-27+;. The van der Waals surface area contributed by atoms with Crippen molar-refractivity contribution in [3.05, 3.63) is 254 Å². The van der Waals surface area contributed by atoms with Crippen molar-refractivity contribution in [1.29, 1.82) is 0 Å². The smallest absolute Gasteiger partial charge is 0.0461 e. The molecule has 0 N–H and O–H groups in total. The molecule has 0 aliphatic carbocycles. The van der Waals surface area contributed by atoms with Gasteiger partial charge in [0.2, 0.25) is 0 Å². The van der Waals surface area contributed by atoms with Gasteiger partial charge in [-0.2, -0.15) is 0 Å². The van der Waals surface area contributed by atoms with Crippen molar-refractivity contribution in [2.45, 2.75) is 53.4 Å². The van der Waals surface area contributed by atoms with Crippen molar-refractivity contribution in [2.24, 2.45) is 0 Å². The Morgan fingerprint density at radius 1 is 0.542 bits per heavy atom. The topological polar surface area (TPSA) is 3.24 Å². The Labute approximate surface area is 355 Å². The molecule has 0 aliphatic rings. The Morgan fingerprint density at radius 2 is 0.966 bits per heavy atom. The Bertz CT molecular complexity index is 2270. The van der Waals surface area contributed by atoms with Crippen LogP contribution in [0.4, 0.5) is 11.4 Å². The fraction of sp³-hybridized carbons (Fsp3) is 0.138. The molecule has 1 nitrogen and oxygen atoms in total. The van der Waals surface area contributed by atoms with E-state index in [1.165, 1.54) is 44.5 Å². The van der Waals surface area contributed by atoms with E-state index in [0.717, 1.165) is 41.1 Å². The molecule has 0 aliphatic heterocycles. The van der Waals surface area contributed by atoms with Crippen molar-refractivity contribution in [1.82, 2.24) is 0 Å². The molecule has 1 unspecified atom stereocenters. The third-order valence-electron chi connectivity index (χ3n) is 9.95. The molecule has 59 heavy (non-hydrogen) atoms.